The summed E-state index contributed by atoms with van der Waals surface area (Å²) in [6.07, 6.45) is 3.76. The lowest BCUT2D eigenvalue weighted by molar-refractivity contribution is 0.0504. The molecule has 2 aromatic rings. The van der Waals surface area contributed by atoms with Crippen LogP contribution in [0.4, 0.5) is 0 Å². The zero-order valence-electron chi connectivity index (χ0n) is 11.2. The van der Waals surface area contributed by atoms with Crippen molar-refractivity contribution >= 4 is 5.97 Å². The lowest BCUT2D eigenvalue weighted by Gasteiger charge is -2.01. The Labute approximate surface area is 113 Å². The minimum atomic E-state index is -0.359. The van der Waals surface area contributed by atoms with Crippen molar-refractivity contribution in [2.24, 2.45) is 0 Å². The van der Waals surface area contributed by atoms with Gasteiger partial charge in [0.1, 0.15) is 5.82 Å². The standard InChI is InChI=1S/C9H12N2O2.C6H6/c1-3-4-13-9(12)8-5-10-7(2)11-6-8;1-2-4-6-5-3-1/h5-6H,3-4H2,1-2H3;1-6H. The van der Waals surface area contributed by atoms with E-state index in [0.717, 1.165) is 6.42 Å². The number of carbonyl (C=O) groups excluding carboxylic acids is 1. The number of carbonyl (C=O) groups is 1. The first-order chi connectivity index (χ1) is 9.24. The van der Waals surface area contributed by atoms with Gasteiger partial charge in [-0.3, -0.25) is 0 Å². The topological polar surface area (TPSA) is 52.1 Å². The van der Waals surface area contributed by atoms with Gasteiger partial charge in [-0.25, -0.2) is 14.8 Å². The number of hydrogen-bond donors (Lipinski definition) is 0. The fraction of sp³-hybridized carbons (Fsp3) is 0.267. The normalized spacial score (nSPS) is 9.16. The molecule has 19 heavy (non-hydrogen) atoms. The van der Waals surface area contributed by atoms with Crippen molar-refractivity contribution in [2.45, 2.75) is 20.3 Å². The summed E-state index contributed by atoms with van der Waals surface area (Å²) in [6.45, 7) is 4.15. The number of nitrogens with zero attached hydrogens (tertiary/aromatic N) is 2. The van der Waals surface area contributed by atoms with Gasteiger partial charge in [-0.2, -0.15) is 0 Å². The maximum Gasteiger partial charge on any atom is 0.341 e. The van der Waals surface area contributed by atoms with E-state index in [1.165, 1.54) is 12.4 Å². The lowest BCUT2D eigenvalue weighted by Crippen LogP contribution is -2.07. The summed E-state index contributed by atoms with van der Waals surface area (Å²) in [7, 11) is 0. The van der Waals surface area contributed by atoms with E-state index in [-0.39, 0.29) is 5.97 Å². The number of benzene rings is 1. The maximum absolute atomic E-state index is 11.2. The molecule has 1 heterocycles. The average molecular weight is 258 g/mol. The summed E-state index contributed by atoms with van der Waals surface area (Å²) >= 11 is 0. The first kappa shape index (κ1) is 14.8. The van der Waals surface area contributed by atoms with Crippen molar-refractivity contribution in [3.8, 4) is 0 Å². The molecule has 0 saturated carbocycles. The smallest absolute Gasteiger partial charge is 0.341 e. The average Bonchev–Trinajstić information content (AvgIpc) is 2.48. The van der Waals surface area contributed by atoms with Crippen LogP contribution in [-0.2, 0) is 4.74 Å². The molecule has 0 aliphatic heterocycles. The summed E-state index contributed by atoms with van der Waals surface area (Å²) < 4.78 is 4.90. The number of ether oxygens (including phenoxy) is 1. The highest BCUT2D eigenvalue weighted by molar-refractivity contribution is 5.88. The Bertz CT molecular complexity index is 443. The van der Waals surface area contributed by atoms with Crippen LogP contribution in [0.1, 0.15) is 29.5 Å². The maximum atomic E-state index is 11.2. The molecule has 1 aromatic heterocycles. The molecule has 0 saturated heterocycles. The molecule has 4 heteroatoms. The second-order valence-electron chi connectivity index (χ2n) is 3.81. The molecule has 0 N–H and O–H groups in total. The molecule has 4 nitrogen and oxygen atoms in total. The van der Waals surface area contributed by atoms with E-state index in [0.29, 0.717) is 18.0 Å². The van der Waals surface area contributed by atoms with Crippen molar-refractivity contribution in [3.63, 3.8) is 0 Å². The predicted molar refractivity (Wildman–Crippen MR) is 73.8 cm³/mol. The molecule has 0 aliphatic carbocycles. The fourth-order valence-electron chi connectivity index (χ4n) is 1.16. The van der Waals surface area contributed by atoms with Crippen molar-refractivity contribution in [1.29, 1.82) is 0 Å². The quantitative estimate of drug-likeness (QED) is 0.794. The third kappa shape index (κ3) is 6.31. The number of hydrogen-bond acceptors (Lipinski definition) is 4. The minimum Gasteiger partial charge on any atom is -0.462 e. The molecular weight excluding hydrogens is 240 g/mol. The Balaban J connectivity index is 0.000000250. The van der Waals surface area contributed by atoms with Crippen LogP contribution in [0, 0.1) is 6.92 Å². The van der Waals surface area contributed by atoms with Gasteiger partial charge in [0.25, 0.3) is 0 Å². The van der Waals surface area contributed by atoms with Crippen LogP contribution < -0.4 is 0 Å². The number of aromatic nitrogens is 2. The van der Waals surface area contributed by atoms with Crippen LogP contribution in [0.15, 0.2) is 48.8 Å². The third-order valence-corrected chi connectivity index (χ3v) is 2.12. The Morgan fingerprint density at radius 2 is 1.53 bits per heavy atom. The third-order valence-electron chi connectivity index (χ3n) is 2.12. The Hall–Kier alpha value is -2.23. The van der Waals surface area contributed by atoms with Gasteiger partial charge in [-0.1, -0.05) is 43.3 Å². The van der Waals surface area contributed by atoms with E-state index in [4.69, 9.17) is 4.74 Å². The van der Waals surface area contributed by atoms with Gasteiger partial charge in [0.05, 0.1) is 12.2 Å². The molecule has 0 aliphatic rings. The van der Waals surface area contributed by atoms with Gasteiger partial charge >= 0.3 is 5.97 Å². The number of aryl methyl sites for hydroxylation is 1. The Kier molecular flexibility index (Phi) is 6.87. The summed E-state index contributed by atoms with van der Waals surface area (Å²) in [6, 6.07) is 12.0. The van der Waals surface area contributed by atoms with E-state index in [1.54, 1.807) is 6.92 Å². The van der Waals surface area contributed by atoms with Crippen LogP contribution in [0.5, 0.6) is 0 Å². The first-order valence-electron chi connectivity index (χ1n) is 6.19. The molecule has 0 bridgehead atoms. The second-order valence-corrected chi connectivity index (χ2v) is 3.81. The van der Waals surface area contributed by atoms with Crippen molar-refractivity contribution in [1.82, 2.24) is 9.97 Å². The van der Waals surface area contributed by atoms with Crippen LogP contribution in [-0.4, -0.2) is 22.5 Å². The molecule has 0 radical (unpaired) electrons. The molecule has 0 spiro atoms. The predicted octanol–water partition coefficient (Wildman–Crippen LogP) is 3.04. The molecule has 100 valence electrons. The molecule has 2 rings (SSSR count). The van der Waals surface area contributed by atoms with Gasteiger partial charge in [0.15, 0.2) is 0 Å². The summed E-state index contributed by atoms with van der Waals surface area (Å²) in [5.74, 6) is 0.286. The van der Waals surface area contributed by atoms with Crippen molar-refractivity contribution < 1.29 is 9.53 Å². The highest BCUT2D eigenvalue weighted by atomic mass is 16.5. The van der Waals surface area contributed by atoms with Crippen LogP contribution in [0.2, 0.25) is 0 Å². The van der Waals surface area contributed by atoms with Gasteiger partial charge in [-0.15, -0.1) is 0 Å². The molecule has 0 fully saturated rings. The molecule has 0 amide bonds. The van der Waals surface area contributed by atoms with E-state index < -0.39 is 0 Å². The largest absolute Gasteiger partial charge is 0.462 e. The zero-order chi connectivity index (χ0) is 13.9. The molecule has 1 aromatic carbocycles. The van der Waals surface area contributed by atoms with Gasteiger partial charge in [0, 0.05) is 12.4 Å². The van der Waals surface area contributed by atoms with E-state index in [9.17, 15) is 4.79 Å². The highest BCUT2D eigenvalue weighted by Crippen LogP contribution is 1.98. The monoisotopic (exact) mass is 258 g/mol. The first-order valence-corrected chi connectivity index (χ1v) is 6.19. The summed E-state index contributed by atoms with van der Waals surface area (Å²) in [5, 5.41) is 0. The Morgan fingerprint density at radius 1 is 1.05 bits per heavy atom. The Morgan fingerprint density at radius 3 is 1.95 bits per heavy atom. The van der Waals surface area contributed by atoms with Gasteiger partial charge in [0.2, 0.25) is 0 Å². The van der Waals surface area contributed by atoms with Crippen LogP contribution in [0.25, 0.3) is 0 Å². The van der Waals surface area contributed by atoms with E-state index in [1.807, 2.05) is 43.3 Å². The van der Waals surface area contributed by atoms with Crippen molar-refractivity contribution in [2.75, 3.05) is 6.61 Å². The van der Waals surface area contributed by atoms with E-state index >= 15 is 0 Å². The molecule has 0 atom stereocenters. The number of rotatable bonds is 3. The second kappa shape index (κ2) is 8.80. The van der Waals surface area contributed by atoms with Crippen LogP contribution in [0.3, 0.4) is 0 Å². The van der Waals surface area contributed by atoms with Crippen LogP contribution >= 0.6 is 0 Å². The van der Waals surface area contributed by atoms with E-state index in [2.05, 4.69) is 9.97 Å². The summed E-state index contributed by atoms with van der Waals surface area (Å²) in [4.78, 5) is 19.0. The molecular formula is C15H18N2O2. The summed E-state index contributed by atoms with van der Waals surface area (Å²) in [5.41, 5.74) is 0.402. The van der Waals surface area contributed by atoms with Crippen molar-refractivity contribution in [3.05, 3.63) is 60.2 Å². The van der Waals surface area contributed by atoms with Gasteiger partial charge in [-0.05, 0) is 13.3 Å². The number of esters is 1. The SMILES string of the molecule is CCCOC(=O)c1cnc(C)nc1.c1ccccc1. The van der Waals surface area contributed by atoms with Gasteiger partial charge < -0.3 is 4.74 Å². The lowest BCUT2D eigenvalue weighted by atomic mass is 10.3. The molecule has 0 unspecified atom stereocenters. The highest BCUT2D eigenvalue weighted by Gasteiger charge is 2.06. The fourth-order valence-corrected chi connectivity index (χ4v) is 1.16. The minimum absolute atomic E-state index is 0.359. The zero-order valence-corrected chi connectivity index (χ0v) is 11.2.